The molecule has 1 saturated carbocycles. The van der Waals surface area contributed by atoms with Crippen LogP contribution in [0, 0.1) is 12.8 Å². The highest BCUT2D eigenvalue weighted by Gasteiger charge is 2.31. The second kappa shape index (κ2) is 7.38. The highest BCUT2D eigenvalue weighted by molar-refractivity contribution is 5.80. The van der Waals surface area contributed by atoms with E-state index in [9.17, 15) is 9.59 Å². The first-order valence-corrected chi connectivity index (χ1v) is 9.21. The summed E-state index contributed by atoms with van der Waals surface area (Å²) in [5.74, 6) is 0.740. The second-order valence-corrected chi connectivity index (χ2v) is 7.47. The molecule has 1 fully saturated rings. The van der Waals surface area contributed by atoms with Gasteiger partial charge < -0.3 is 4.90 Å². The molecule has 0 spiro atoms. The van der Waals surface area contributed by atoms with E-state index in [1.807, 2.05) is 24.0 Å². The molecule has 1 aromatic carbocycles. The first-order chi connectivity index (χ1) is 12.0. The van der Waals surface area contributed by atoms with E-state index >= 15 is 0 Å². The molecule has 5 nitrogen and oxygen atoms in total. The number of aromatic nitrogens is 2. The highest BCUT2D eigenvalue weighted by Crippen LogP contribution is 2.28. The summed E-state index contributed by atoms with van der Waals surface area (Å²) in [5.41, 5.74) is 1.67. The summed E-state index contributed by atoms with van der Waals surface area (Å²) < 4.78 is 1.56. The zero-order valence-electron chi connectivity index (χ0n) is 15.4. The monoisotopic (exact) mass is 341 g/mol. The lowest BCUT2D eigenvalue weighted by Gasteiger charge is -2.23. The molecule has 1 aliphatic carbocycles. The smallest absolute Gasteiger partial charge is 0.261 e. The van der Waals surface area contributed by atoms with Crippen LogP contribution in [0.5, 0.6) is 0 Å². The summed E-state index contributed by atoms with van der Waals surface area (Å²) in [6.45, 7) is 7.52. The molecule has 0 radical (unpaired) electrons. The van der Waals surface area contributed by atoms with Crippen molar-refractivity contribution in [3.05, 3.63) is 40.4 Å². The first kappa shape index (κ1) is 17.6. The molecule has 0 unspecified atom stereocenters. The molecule has 0 saturated heterocycles. The van der Waals surface area contributed by atoms with E-state index in [4.69, 9.17) is 0 Å². The van der Waals surface area contributed by atoms with Crippen molar-refractivity contribution in [1.29, 1.82) is 0 Å². The number of rotatable bonds is 7. The molecule has 1 heterocycles. The summed E-state index contributed by atoms with van der Waals surface area (Å²) in [6.07, 6.45) is 5.17. The van der Waals surface area contributed by atoms with Crippen molar-refractivity contribution < 1.29 is 4.79 Å². The van der Waals surface area contributed by atoms with Gasteiger partial charge in [-0.05, 0) is 43.7 Å². The largest absolute Gasteiger partial charge is 0.340 e. The summed E-state index contributed by atoms with van der Waals surface area (Å²) in [6, 6.07) is 6.04. The number of hydrogen-bond acceptors (Lipinski definition) is 3. The number of carbonyl (C=O) groups is 1. The van der Waals surface area contributed by atoms with Crippen molar-refractivity contribution in [3.8, 4) is 0 Å². The van der Waals surface area contributed by atoms with E-state index < -0.39 is 0 Å². The summed E-state index contributed by atoms with van der Waals surface area (Å²) in [7, 11) is 0. The lowest BCUT2D eigenvalue weighted by atomic mass is 10.1. The fourth-order valence-corrected chi connectivity index (χ4v) is 3.15. The minimum Gasteiger partial charge on any atom is -0.340 e. The van der Waals surface area contributed by atoms with Crippen molar-refractivity contribution >= 4 is 16.8 Å². The molecule has 0 bridgehead atoms. The maximum atomic E-state index is 12.6. The van der Waals surface area contributed by atoms with Crippen LogP contribution in [0.4, 0.5) is 0 Å². The molecule has 0 N–H and O–H groups in total. The van der Waals surface area contributed by atoms with E-state index in [2.05, 4.69) is 18.8 Å². The molecule has 25 heavy (non-hydrogen) atoms. The van der Waals surface area contributed by atoms with Crippen LogP contribution >= 0.6 is 0 Å². The Morgan fingerprint density at radius 3 is 2.80 bits per heavy atom. The number of nitrogens with zero attached hydrogens (tertiary/aromatic N) is 3. The Morgan fingerprint density at radius 2 is 2.12 bits per heavy atom. The van der Waals surface area contributed by atoms with E-state index in [1.165, 1.54) is 0 Å². The molecule has 1 aromatic heterocycles. The van der Waals surface area contributed by atoms with Crippen molar-refractivity contribution in [2.75, 3.05) is 6.54 Å². The van der Waals surface area contributed by atoms with Crippen molar-refractivity contribution in [3.63, 3.8) is 0 Å². The van der Waals surface area contributed by atoms with Crippen molar-refractivity contribution in [2.24, 2.45) is 5.92 Å². The van der Waals surface area contributed by atoms with Crippen LogP contribution < -0.4 is 5.56 Å². The topological polar surface area (TPSA) is 55.2 Å². The number of para-hydroxylation sites is 1. The Labute approximate surface area is 148 Å². The van der Waals surface area contributed by atoms with Gasteiger partial charge in [-0.15, -0.1) is 0 Å². The highest BCUT2D eigenvalue weighted by atomic mass is 16.2. The number of benzene rings is 1. The number of hydrogen-bond donors (Lipinski definition) is 0. The maximum Gasteiger partial charge on any atom is 0.261 e. The normalized spacial score (nSPS) is 14.2. The van der Waals surface area contributed by atoms with Gasteiger partial charge in [0.15, 0.2) is 0 Å². The van der Waals surface area contributed by atoms with Gasteiger partial charge in [-0.3, -0.25) is 14.2 Å². The van der Waals surface area contributed by atoms with Gasteiger partial charge in [0, 0.05) is 25.6 Å². The van der Waals surface area contributed by atoms with Crippen molar-refractivity contribution in [1.82, 2.24) is 14.5 Å². The Bertz CT molecular complexity index is 821. The molecule has 5 heteroatoms. The number of carbonyl (C=O) groups excluding carboxylic acids is 1. The lowest BCUT2D eigenvalue weighted by Crippen LogP contribution is -2.35. The maximum absolute atomic E-state index is 12.6. The van der Waals surface area contributed by atoms with Crippen LogP contribution in [0.2, 0.25) is 0 Å². The average Bonchev–Trinajstić information content (AvgIpc) is 3.40. The zero-order valence-corrected chi connectivity index (χ0v) is 15.4. The predicted molar refractivity (Wildman–Crippen MR) is 99.5 cm³/mol. The lowest BCUT2D eigenvalue weighted by molar-refractivity contribution is -0.132. The predicted octanol–water partition coefficient (Wildman–Crippen LogP) is 3.13. The fourth-order valence-electron chi connectivity index (χ4n) is 3.15. The summed E-state index contributed by atoms with van der Waals surface area (Å²) in [4.78, 5) is 31.7. The van der Waals surface area contributed by atoms with Gasteiger partial charge in [0.2, 0.25) is 5.91 Å². The van der Waals surface area contributed by atoms with Crippen LogP contribution in [0.3, 0.4) is 0 Å². The van der Waals surface area contributed by atoms with E-state index in [-0.39, 0.29) is 11.5 Å². The van der Waals surface area contributed by atoms with E-state index in [0.29, 0.717) is 30.3 Å². The molecule has 0 aliphatic heterocycles. The molecular formula is C20H27N3O2. The third kappa shape index (κ3) is 4.09. The van der Waals surface area contributed by atoms with Crippen LogP contribution in [0.1, 0.15) is 45.1 Å². The molecule has 3 rings (SSSR count). The molecule has 0 atom stereocenters. The quantitative estimate of drug-likeness (QED) is 0.777. The Balaban J connectivity index is 1.70. The SMILES string of the molecule is Cc1cccc2c(=O)n(CCC(=O)N(CCC(C)C)C3CC3)cnc12. The molecule has 1 aliphatic rings. The summed E-state index contributed by atoms with van der Waals surface area (Å²) in [5, 5.41) is 0.619. The third-order valence-corrected chi connectivity index (χ3v) is 4.88. The molecular weight excluding hydrogens is 314 g/mol. The number of aryl methyl sites for hydroxylation is 2. The minimum atomic E-state index is -0.0679. The zero-order chi connectivity index (χ0) is 18.0. The van der Waals surface area contributed by atoms with Crippen LogP contribution in [0.15, 0.2) is 29.3 Å². The number of amides is 1. The van der Waals surface area contributed by atoms with Gasteiger partial charge in [0.1, 0.15) is 0 Å². The standard InChI is InChI=1S/C20H27N3O2/c1-14(2)9-12-23(16-7-8-16)18(24)10-11-22-13-21-19-15(3)5-4-6-17(19)20(22)25/h4-6,13-14,16H,7-12H2,1-3H3. The Hall–Kier alpha value is -2.17. The third-order valence-electron chi connectivity index (χ3n) is 4.88. The van der Waals surface area contributed by atoms with Gasteiger partial charge in [0.25, 0.3) is 5.56 Å². The van der Waals surface area contributed by atoms with E-state index in [1.54, 1.807) is 17.0 Å². The van der Waals surface area contributed by atoms with Gasteiger partial charge in [-0.1, -0.05) is 26.0 Å². The van der Waals surface area contributed by atoms with Gasteiger partial charge >= 0.3 is 0 Å². The first-order valence-electron chi connectivity index (χ1n) is 9.21. The van der Waals surface area contributed by atoms with Crippen LogP contribution in [0.25, 0.3) is 10.9 Å². The fraction of sp³-hybridized carbons (Fsp3) is 0.550. The van der Waals surface area contributed by atoms with E-state index in [0.717, 1.165) is 36.9 Å². The van der Waals surface area contributed by atoms with Gasteiger partial charge in [-0.2, -0.15) is 0 Å². The van der Waals surface area contributed by atoms with Gasteiger partial charge in [-0.25, -0.2) is 4.98 Å². The Kier molecular flexibility index (Phi) is 5.21. The Morgan fingerprint density at radius 1 is 1.36 bits per heavy atom. The summed E-state index contributed by atoms with van der Waals surface area (Å²) >= 11 is 0. The second-order valence-electron chi connectivity index (χ2n) is 7.47. The minimum absolute atomic E-state index is 0.0679. The van der Waals surface area contributed by atoms with Crippen LogP contribution in [-0.4, -0.2) is 32.9 Å². The van der Waals surface area contributed by atoms with Crippen LogP contribution in [-0.2, 0) is 11.3 Å². The van der Waals surface area contributed by atoms with Gasteiger partial charge in [0.05, 0.1) is 17.2 Å². The molecule has 2 aromatic rings. The molecule has 1 amide bonds. The molecule has 134 valence electrons. The number of fused-ring (bicyclic) bond motifs is 1. The average molecular weight is 341 g/mol. The van der Waals surface area contributed by atoms with Crippen molar-refractivity contribution in [2.45, 2.75) is 59.0 Å².